The van der Waals surface area contributed by atoms with Gasteiger partial charge in [-0.15, -0.1) is 0 Å². The topological polar surface area (TPSA) is 75.3 Å². The van der Waals surface area contributed by atoms with Crippen molar-refractivity contribution in [3.8, 4) is 0 Å². The van der Waals surface area contributed by atoms with Crippen molar-refractivity contribution in [2.24, 2.45) is 0 Å². The van der Waals surface area contributed by atoms with Gasteiger partial charge in [0.25, 0.3) is 0 Å². The minimum Gasteiger partial charge on any atom is -0.322 e. The molecular formula is C17H18BrFN2O3S. The highest BCUT2D eigenvalue weighted by Crippen LogP contribution is 2.20. The van der Waals surface area contributed by atoms with Gasteiger partial charge in [-0.2, -0.15) is 4.72 Å². The number of carbonyl (C=O) groups is 1. The van der Waals surface area contributed by atoms with Gasteiger partial charge in [-0.1, -0.05) is 28.1 Å². The number of rotatable bonds is 5. The molecule has 0 aliphatic carbocycles. The Kier molecular flexibility index (Phi) is 5.97. The second-order valence-corrected chi connectivity index (χ2v) is 8.32. The monoisotopic (exact) mass is 428 g/mol. The van der Waals surface area contributed by atoms with Crippen LogP contribution in [0.25, 0.3) is 0 Å². The van der Waals surface area contributed by atoms with Crippen molar-refractivity contribution in [2.75, 3.05) is 5.32 Å². The van der Waals surface area contributed by atoms with Crippen molar-refractivity contribution < 1.29 is 17.6 Å². The molecule has 1 atom stereocenters. The van der Waals surface area contributed by atoms with Crippen LogP contribution in [0.1, 0.15) is 18.1 Å². The fourth-order valence-electron chi connectivity index (χ4n) is 2.18. The van der Waals surface area contributed by atoms with E-state index in [0.717, 1.165) is 5.56 Å². The average molecular weight is 429 g/mol. The fourth-order valence-corrected chi connectivity index (χ4v) is 4.04. The summed E-state index contributed by atoms with van der Waals surface area (Å²) < 4.78 is 41.7. The van der Waals surface area contributed by atoms with E-state index < -0.39 is 27.8 Å². The number of sulfonamides is 1. The Bertz CT molecular complexity index is 916. The summed E-state index contributed by atoms with van der Waals surface area (Å²) in [7, 11) is -3.88. The van der Waals surface area contributed by atoms with Crippen LogP contribution in [0.3, 0.4) is 0 Å². The van der Waals surface area contributed by atoms with Crippen molar-refractivity contribution in [3.05, 3.63) is 57.8 Å². The summed E-state index contributed by atoms with van der Waals surface area (Å²) in [5.41, 5.74) is 1.34. The Morgan fingerprint density at radius 1 is 1.16 bits per heavy atom. The molecule has 0 aliphatic heterocycles. The van der Waals surface area contributed by atoms with Gasteiger partial charge in [0.05, 0.1) is 16.6 Å². The van der Waals surface area contributed by atoms with Gasteiger partial charge >= 0.3 is 0 Å². The van der Waals surface area contributed by atoms with Gasteiger partial charge in [-0.3, -0.25) is 4.79 Å². The lowest BCUT2D eigenvalue weighted by Gasteiger charge is -2.16. The first-order valence-electron chi connectivity index (χ1n) is 7.45. The van der Waals surface area contributed by atoms with E-state index >= 15 is 0 Å². The van der Waals surface area contributed by atoms with Crippen LogP contribution < -0.4 is 10.0 Å². The van der Waals surface area contributed by atoms with Crippen LogP contribution in [0.4, 0.5) is 10.1 Å². The normalized spacial score (nSPS) is 12.7. The van der Waals surface area contributed by atoms with Crippen LogP contribution in [-0.4, -0.2) is 20.4 Å². The highest BCUT2D eigenvalue weighted by atomic mass is 79.9. The van der Waals surface area contributed by atoms with Crippen molar-refractivity contribution in [1.29, 1.82) is 0 Å². The number of anilines is 1. The summed E-state index contributed by atoms with van der Waals surface area (Å²) in [4.78, 5) is 12.3. The van der Waals surface area contributed by atoms with E-state index in [1.807, 2.05) is 0 Å². The second kappa shape index (κ2) is 7.63. The van der Waals surface area contributed by atoms with Gasteiger partial charge in [0, 0.05) is 4.47 Å². The highest BCUT2D eigenvalue weighted by molar-refractivity contribution is 9.10. The Morgan fingerprint density at radius 2 is 1.84 bits per heavy atom. The fraction of sp³-hybridized carbons (Fsp3) is 0.235. The van der Waals surface area contributed by atoms with Gasteiger partial charge < -0.3 is 5.32 Å². The zero-order valence-corrected chi connectivity index (χ0v) is 16.3. The highest BCUT2D eigenvalue weighted by Gasteiger charge is 2.24. The van der Waals surface area contributed by atoms with Crippen LogP contribution in [-0.2, 0) is 14.8 Å². The Morgan fingerprint density at radius 3 is 2.48 bits per heavy atom. The number of nitrogens with one attached hydrogen (secondary N) is 2. The van der Waals surface area contributed by atoms with E-state index in [1.165, 1.54) is 25.1 Å². The molecule has 134 valence electrons. The maximum atomic E-state index is 13.8. The summed E-state index contributed by atoms with van der Waals surface area (Å²) in [5.74, 6) is -1.28. The van der Waals surface area contributed by atoms with Gasteiger partial charge in [0.2, 0.25) is 15.9 Å². The van der Waals surface area contributed by atoms with Crippen molar-refractivity contribution >= 4 is 37.5 Å². The van der Waals surface area contributed by atoms with Crippen LogP contribution in [0.2, 0.25) is 0 Å². The number of amides is 1. The average Bonchev–Trinajstić information content (AvgIpc) is 2.51. The zero-order valence-electron chi connectivity index (χ0n) is 13.9. The van der Waals surface area contributed by atoms with E-state index in [9.17, 15) is 17.6 Å². The zero-order chi connectivity index (χ0) is 18.8. The maximum Gasteiger partial charge on any atom is 0.242 e. The summed E-state index contributed by atoms with van der Waals surface area (Å²) >= 11 is 3.13. The molecular weight excluding hydrogens is 411 g/mol. The molecule has 0 radical (unpaired) electrons. The molecule has 0 heterocycles. The number of benzene rings is 2. The van der Waals surface area contributed by atoms with E-state index in [0.29, 0.717) is 10.0 Å². The second-order valence-electron chi connectivity index (χ2n) is 5.73. The first kappa shape index (κ1) is 19.6. The Balaban J connectivity index is 2.16. The first-order valence-corrected chi connectivity index (χ1v) is 9.73. The molecule has 2 rings (SSSR count). The molecule has 0 fully saturated rings. The lowest BCUT2D eigenvalue weighted by Crippen LogP contribution is -2.41. The van der Waals surface area contributed by atoms with Crippen LogP contribution >= 0.6 is 15.9 Å². The smallest absolute Gasteiger partial charge is 0.242 e. The van der Waals surface area contributed by atoms with E-state index in [4.69, 9.17) is 0 Å². The van der Waals surface area contributed by atoms with E-state index in [-0.39, 0.29) is 10.6 Å². The molecule has 0 saturated heterocycles. The molecule has 0 saturated carbocycles. The predicted molar refractivity (Wildman–Crippen MR) is 98.4 cm³/mol. The molecule has 2 aromatic rings. The number of halogens is 2. The van der Waals surface area contributed by atoms with Gasteiger partial charge in [-0.25, -0.2) is 12.8 Å². The molecule has 0 aromatic heterocycles. The molecule has 0 bridgehead atoms. The Hall–Kier alpha value is -1.77. The molecule has 1 amide bonds. The minimum absolute atomic E-state index is 0.0222. The van der Waals surface area contributed by atoms with Crippen LogP contribution in [0.15, 0.2) is 45.8 Å². The molecule has 0 aliphatic rings. The van der Waals surface area contributed by atoms with Crippen molar-refractivity contribution in [1.82, 2.24) is 4.72 Å². The Labute approximate surface area is 154 Å². The maximum absolute atomic E-state index is 13.8. The molecule has 8 heteroatoms. The van der Waals surface area contributed by atoms with Gasteiger partial charge in [0.1, 0.15) is 5.82 Å². The number of hydrogen-bond acceptors (Lipinski definition) is 3. The van der Waals surface area contributed by atoms with Crippen molar-refractivity contribution in [2.45, 2.75) is 31.7 Å². The third kappa shape index (κ3) is 4.87. The lowest BCUT2D eigenvalue weighted by atomic mass is 10.2. The summed E-state index contributed by atoms with van der Waals surface area (Å²) in [5, 5.41) is 2.38. The quantitative estimate of drug-likeness (QED) is 0.764. The van der Waals surface area contributed by atoms with E-state index in [1.54, 1.807) is 32.0 Å². The molecule has 0 spiro atoms. The largest absolute Gasteiger partial charge is 0.322 e. The van der Waals surface area contributed by atoms with Crippen LogP contribution in [0.5, 0.6) is 0 Å². The van der Waals surface area contributed by atoms with Crippen LogP contribution in [0, 0.1) is 19.7 Å². The number of carbonyl (C=O) groups excluding carboxylic acids is 1. The standard InChI is InChI=1S/C17H18BrFN2O3S/c1-10-4-5-11(2)16(8-10)25(23,24)21-12(3)17(22)20-15-7-6-13(18)9-14(15)19/h4-9,12,21H,1-3H3,(H,20,22)/t12-/m1/s1. The third-order valence-corrected chi connectivity index (χ3v) is 5.72. The first-order chi connectivity index (χ1) is 11.6. The summed E-state index contributed by atoms with van der Waals surface area (Å²) in [6.07, 6.45) is 0. The molecule has 25 heavy (non-hydrogen) atoms. The number of aryl methyl sites for hydroxylation is 2. The molecule has 0 unspecified atom stereocenters. The summed E-state index contributed by atoms with van der Waals surface area (Å²) in [6, 6.07) is 8.14. The number of hydrogen-bond donors (Lipinski definition) is 2. The lowest BCUT2D eigenvalue weighted by molar-refractivity contribution is -0.117. The SMILES string of the molecule is Cc1ccc(C)c(S(=O)(=O)N[C@H](C)C(=O)Nc2ccc(Br)cc2F)c1. The molecule has 2 N–H and O–H groups in total. The minimum atomic E-state index is -3.88. The van der Waals surface area contributed by atoms with Gasteiger partial charge in [-0.05, 0) is 56.2 Å². The molecule has 5 nitrogen and oxygen atoms in total. The van der Waals surface area contributed by atoms with Crippen molar-refractivity contribution in [3.63, 3.8) is 0 Å². The van der Waals surface area contributed by atoms with E-state index in [2.05, 4.69) is 26.0 Å². The predicted octanol–water partition coefficient (Wildman–Crippen LogP) is 3.51. The summed E-state index contributed by atoms with van der Waals surface area (Å²) in [6.45, 7) is 4.86. The third-order valence-electron chi connectivity index (χ3n) is 3.55. The molecule has 2 aromatic carbocycles. The van der Waals surface area contributed by atoms with Gasteiger partial charge in [0.15, 0.2) is 0 Å².